The Morgan fingerprint density at radius 3 is 2.46 bits per heavy atom. The van der Waals surface area contributed by atoms with Gasteiger partial charge in [0.05, 0.1) is 12.7 Å². The summed E-state index contributed by atoms with van der Waals surface area (Å²) < 4.78 is 4.81. The first-order valence-electron chi connectivity index (χ1n) is 8.67. The number of esters is 1. The summed E-state index contributed by atoms with van der Waals surface area (Å²) in [6, 6.07) is 0.246. The molecule has 134 valence electrons. The summed E-state index contributed by atoms with van der Waals surface area (Å²) in [6.45, 7) is 8.97. The number of hydrogen-bond acceptors (Lipinski definition) is 4. The number of methoxy groups -OCH3 is 1. The van der Waals surface area contributed by atoms with Crippen LogP contribution in [0.15, 0.2) is 0 Å². The van der Waals surface area contributed by atoms with E-state index in [1.165, 1.54) is 7.11 Å². The molecule has 0 spiro atoms. The number of likely N-dealkylation sites (tertiary alicyclic amines) is 1. The zero-order valence-corrected chi connectivity index (χ0v) is 15.4. The second-order valence-corrected chi connectivity index (χ2v) is 6.61. The van der Waals surface area contributed by atoms with Gasteiger partial charge in [0, 0.05) is 31.9 Å². The van der Waals surface area contributed by atoms with Crippen LogP contribution in [0.25, 0.3) is 0 Å². The van der Waals surface area contributed by atoms with Gasteiger partial charge >= 0.3 is 5.97 Å². The Bertz CT molecular complexity index is 601. The van der Waals surface area contributed by atoms with Crippen molar-refractivity contribution in [2.75, 3.05) is 33.8 Å². The molecule has 1 saturated heterocycles. The highest BCUT2D eigenvalue weighted by Crippen LogP contribution is 2.23. The van der Waals surface area contributed by atoms with Crippen molar-refractivity contribution in [3.8, 4) is 0 Å². The smallest absolute Gasteiger partial charge is 0.339 e. The summed E-state index contributed by atoms with van der Waals surface area (Å²) in [5.41, 5.74) is 2.30. The van der Waals surface area contributed by atoms with Crippen LogP contribution in [0.5, 0.6) is 0 Å². The number of carbonyl (C=O) groups excluding carboxylic acids is 2. The maximum Gasteiger partial charge on any atom is 0.339 e. The number of ether oxygens (including phenoxy) is 1. The van der Waals surface area contributed by atoms with Gasteiger partial charge < -0.3 is 19.5 Å². The summed E-state index contributed by atoms with van der Waals surface area (Å²) in [5, 5.41) is 0. The number of H-pyrrole nitrogens is 1. The number of aromatic amines is 1. The van der Waals surface area contributed by atoms with Gasteiger partial charge in [-0.15, -0.1) is 0 Å². The molecule has 1 fully saturated rings. The van der Waals surface area contributed by atoms with Gasteiger partial charge in [0.15, 0.2) is 0 Å². The minimum Gasteiger partial charge on any atom is -0.465 e. The Morgan fingerprint density at radius 2 is 1.92 bits per heavy atom. The molecule has 1 N–H and O–H groups in total. The van der Waals surface area contributed by atoms with Crippen LogP contribution in [-0.4, -0.2) is 66.5 Å². The van der Waals surface area contributed by atoms with E-state index in [9.17, 15) is 9.59 Å². The molecule has 1 amide bonds. The maximum absolute atomic E-state index is 12.9. The van der Waals surface area contributed by atoms with Crippen LogP contribution >= 0.6 is 0 Å². The van der Waals surface area contributed by atoms with Crippen molar-refractivity contribution in [1.29, 1.82) is 0 Å². The molecule has 0 saturated carbocycles. The number of nitrogens with one attached hydrogen (secondary N) is 1. The largest absolute Gasteiger partial charge is 0.465 e. The summed E-state index contributed by atoms with van der Waals surface area (Å²) in [4.78, 5) is 32.1. The highest BCUT2D eigenvalue weighted by atomic mass is 16.5. The van der Waals surface area contributed by atoms with Gasteiger partial charge in [-0.2, -0.15) is 0 Å². The molecule has 1 aliphatic heterocycles. The normalized spacial score (nSPS) is 16.2. The molecule has 0 atom stereocenters. The minimum absolute atomic E-state index is 0.0558. The van der Waals surface area contributed by atoms with Crippen molar-refractivity contribution in [2.45, 2.75) is 46.1 Å². The molecule has 0 unspecified atom stereocenters. The topological polar surface area (TPSA) is 65.6 Å². The van der Waals surface area contributed by atoms with Crippen LogP contribution in [0.2, 0.25) is 0 Å². The minimum atomic E-state index is -0.407. The molecule has 1 aliphatic rings. The van der Waals surface area contributed by atoms with Crippen LogP contribution in [0.3, 0.4) is 0 Å². The number of aromatic nitrogens is 1. The van der Waals surface area contributed by atoms with Gasteiger partial charge in [0.2, 0.25) is 0 Å². The quantitative estimate of drug-likeness (QED) is 0.839. The third kappa shape index (κ3) is 3.64. The maximum atomic E-state index is 12.9. The number of hydrogen-bond donors (Lipinski definition) is 1. The predicted octanol–water partition coefficient (Wildman–Crippen LogP) is 2.36. The van der Waals surface area contributed by atoms with Crippen molar-refractivity contribution in [3.63, 3.8) is 0 Å². The van der Waals surface area contributed by atoms with Gasteiger partial charge in [-0.25, -0.2) is 4.79 Å². The first kappa shape index (κ1) is 18.5. The molecule has 0 aromatic carbocycles. The van der Waals surface area contributed by atoms with Crippen molar-refractivity contribution >= 4 is 11.9 Å². The first-order chi connectivity index (χ1) is 11.4. The third-order valence-electron chi connectivity index (χ3n) is 5.01. The molecule has 2 rings (SSSR count). The standard InChI is InChI=1S/C18H29N3O3/c1-6-9-21-10-7-14(8-11-21)20(4)17(22)16-12(2)15(13(3)19-16)18(23)24-5/h14,19H,6-11H2,1-5H3. The number of rotatable bonds is 5. The van der Waals surface area contributed by atoms with E-state index in [1.807, 2.05) is 11.9 Å². The zero-order chi connectivity index (χ0) is 17.9. The molecule has 1 aromatic heterocycles. The van der Waals surface area contributed by atoms with E-state index in [4.69, 9.17) is 4.74 Å². The van der Waals surface area contributed by atoms with Crippen LogP contribution in [0.4, 0.5) is 0 Å². The molecular weight excluding hydrogens is 306 g/mol. The average Bonchev–Trinajstić information content (AvgIpc) is 2.88. The molecule has 6 heteroatoms. The lowest BCUT2D eigenvalue weighted by atomic mass is 10.0. The molecule has 0 bridgehead atoms. The van der Waals surface area contributed by atoms with E-state index < -0.39 is 5.97 Å². The number of nitrogens with zero attached hydrogens (tertiary/aromatic N) is 2. The molecular formula is C18H29N3O3. The Kier molecular flexibility index (Phi) is 6.04. The van der Waals surface area contributed by atoms with Crippen molar-refractivity contribution < 1.29 is 14.3 Å². The summed E-state index contributed by atoms with van der Waals surface area (Å²) in [6.07, 6.45) is 3.15. The van der Waals surface area contributed by atoms with E-state index in [-0.39, 0.29) is 11.9 Å². The van der Waals surface area contributed by atoms with E-state index >= 15 is 0 Å². The predicted molar refractivity (Wildman–Crippen MR) is 93.5 cm³/mol. The number of aryl methyl sites for hydroxylation is 1. The molecule has 2 heterocycles. The lowest BCUT2D eigenvalue weighted by molar-refractivity contribution is 0.0599. The van der Waals surface area contributed by atoms with Crippen molar-refractivity contribution in [1.82, 2.24) is 14.8 Å². The summed E-state index contributed by atoms with van der Waals surface area (Å²) in [7, 11) is 3.21. The van der Waals surface area contributed by atoms with E-state index in [0.717, 1.165) is 38.9 Å². The van der Waals surface area contributed by atoms with Gasteiger partial charge in [0.1, 0.15) is 5.69 Å². The molecule has 0 aliphatic carbocycles. The van der Waals surface area contributed by atoms with Gasteiger partial charge in [-0.3, -0.25) is 4.79 Å². The number of amides is 1. The highest BCUT2D eigenvalue weighted by Gasteiger charge is 2.29. The fourth-order valence-electron chi connectivity index (χ4n) is 3.56. The van der Waals surface area contributed by atoms with Crippen molar-refractivity contribution in [2.24, 2.45) is 0 Å². The van der Waals surface area contributed by atoms with E-state index in [0.29, 0.717) is 22.5 Å². The van der Waals surface area contributed by atoms with Crippen molar-refractivity contribution in [3.05, 3.63) is 22.5 Å². The molecule has 24 heavy (non-hydrogen) atoms. The zero-order valence-electron chi connectivity index (χ0n) is 15.4. The Labute approximate surface area is 144 Å². The molecule has 6 nitrogen and oxygen atoms in total. The lowest BCUT2D eigenvalue weighted by Gasteiger charge is -2.36. The van der Waals surface area contributed by atoms with Crippen LogP contribution in [0, 0.1) is 13.8 Å². The summed E-state index contributed by atoms with van der Waals surface area (Å²) >= 11 is 0. The SMILES string of the molecule is CCCN1CCC(N(C)C(=O)c2[nH]c(C)c(C(=O)OC)c2C)CC1. The van der Waals surface area contributed by atoms with Crippen LogP contribution in [0.1, 0.15) is 58.3 Å². The highest BCUT2D eigenvalue weighted by molar-refractivity contribution is 6.00. The third-order valence-corrected chi connectivity index (χ3v) is 5.01. The Hall–Kier alpha value is -1.82. The second kappa shape index (κ2) is 7.83. The number of carbonyl (C=O) groups is 2. The first-order valence-corrected chi connectivity index (χ1v) is 8.67. The fourth-order valence-corrected chi connectivity index (χ4v) is 3.56. The van der Waals surface area contributed by atoms with Crippen LogP contribution in [-0.2, 0) is 4.74 Å². The molecule has 0 radical (unpaired) electrons. The fraction of sp³-hybridized carbons (Fsp3) is 0.667. The Morgan fingerprint density at radius 1 is 1.29 bits per heavy atom. The van der Waals surface area contributed by atoms with Gasteiger partial charge in [-0.1, -0.05) is 6.92 Å². The molecule has 1 aromatic rings. The second-order valence-electron chi connectivity index (χ2n) is 6.61. The summed E-state index contributed by atoms with van der Waals surface area (Å²) in [5.74, 6) is -0.462. The lowest BCUT2D eigenvalue weighted by Crippen LogP contribution is -2.45. The van der Waals surface area contributed by atoms with Gasteiger partial charge in [-0.05, 0) is 45.2 Å². The van der Waals surface area contributed by atoms with E-state index in [1.54, 1.807) is 13.8 Å². The van der Waals surface area contributed by atoms with E-state index in [2.05, 4.69) is 16.8 Å². The van der Waals surface area contributed by atoms with Gasteiger partial charge in [0.25, 0.3) is 5.91 Å². The van der Waals surface area contributed by atoms with Crippen LogP contribution < -0.4 is 0 Å². The Balaban J connectivity index is 2.10. The average molecular weight is 335 g/mol. The number of piperidine rings is 1. The monoisotopic (exact) mass is 335 g/mol.